The predicted octanol–water partition coefficient (Wildman–Crippen LogP) is 5.57. The van der Waals surface area contributed by atoms with Gasteiger partial charge >= 0.3 is 0 Å². The van der Waals surface area contributed by atoms with Crippen molar-refractivity contribution in [2.45, 2.75) is 107 Å². The molecule has 8 nitrogen and oxygen atoms in total. The highest BCUT2D eigenvalue weighted by molar-refractivity contribution is 6.03. The van der Waals surface area contributed by atoms with Crippen molar-refractivity contribution >= 4 is 5.78 Å². The van der Waals surface area contributed by atoms with Crippen LogP contribution in [0.2, 0.25) is 0 Å². The Morgan fingerprint density at radius 2 is 1.63 bits per heavy atom. The van der Waals surface area contributed by atoms with E-state index in [2.05, 4.69) is 0 Å². The van der Waals surface area contributed by atoms with Gasteiger partial charge in [-0.2, -0.15) is 0 Å². The number of aliphatic hydroxyl groups excluding tert-OH is 3. The molecule has 5 N–H and O–H groups in total. The van der Waals surface area contributed by atoms with Crippen molar-refractivity contribution in [2.75, 3.05) is 7.11 Å². The van der Waals surface area contributed by atoms with Crippen LogP contribution in [0.25, 0.3) is 0 Å². The van der Waals surface area contributed by atoms with E-state index >= 15 is 0 Å². The maximum atomic E-state index is 13.6. The Morgan fingerprint density at radius 3 is 2.28 bits per heavy atom. The van der Waals surface area contributed by atoms with E-state index in [4.69, 9.17) is 9.47 Å². The Kier molecular flexibility index (Phi) is 10.3. The summed E-state index contributed by atoms with van der Waals surface area (Å²) in [6.07, 6.45) is 10.1. The number of rotatable bonds is 10. The van der Waals surface area contributed by atoms with E-state index < -0.39 is 6.10 Å². The van der Waals surface area contributed by atoms with Crippen LogP contribution in [0.1, 0.15) is 98.0 Å². The second-order valence-electron chi connectivity index (χ2n) is 12.7. The molecule has 8 heteroatoms. The summed E-state index contributed by atoms with van der Waals surface area (Å²) in [5.41, 5.74) is 1.98. The molecule has 5 rings (SSSR count). The first kappa shape index (κ1) is 31.4. The van der Waals surface area contributed by atoms with Crippen LogP contribution < -0.4 is 9.47 Å². The van der Waals surface area contributed by atoms with Gasteiger partial charge in [0, 0.05) is 24.0 Å². The van der Waals surface area contributed by atoms with Crippen molar-refractivity contribution in [1.29, 1.82) is 0 Å². The Balaban J connectivity index is 1.42. The molecule has 0 amide bonds. The summed E-state index contributed by atoms with van der Waals surface area (Å²) in [5.74, 6) is 0.815. The summed E-state index contributed by atoms with van der Waals surface area (Å²) in [4.78, 5) is 13.6. The van der Waals surface area contributed by atoms with Crippen LogP contribution in [0.3, 0.4) is 0 Å². The number of fused-ring (bicyclic) bond motifs is 1. The fourth-order valence-electron chi connectivity index (χ4n) is 7.17. The molecule has 2 aromatic rings. The van der Waals surface area contributed by atoms with Crippen molar-refractivity contribution in [3.8, 4) is 23.0 Å². The number of carbonyl (C=O) groups is 1. The average molecular weight is 595 g/mol. The highest BCUT2D eigenvalue weighted by atomic mass is 16.5. The van der Waals surface area contributed by atoms with Gasteiger partial charge in [-0.25, -0.2) is 0 Å². The van der Waals surface area contributed by atoms with Gasteiger partial charge < -0.3 is 35.0 Å². The van der Waals surface area contributed by atoms with Crippen LogP contribution in [0.5, 0.6) is 23.0 Å². The highest BCUT2D eigenvalue weighted by Gasteiger charge is 2.40. The first-order valence-electron chi connectivity index (χ1n) is 15.9. The number of hydrogen-bond acceptors (Lipinski definition) is 8. The van der Waals surface area contributed by atoms with Crippen LogP contribution in [0, 0.1) is 11.8 Å². The Hall–Kier alpha value is -3.07. The second kappa shape index (κ2) is 14.1. The molecule has 0 aromatic heterocycles. The Morgan fingerprint density at radius 1 is 0.977 bits per heavy atom. The average Bonchev–Trinajstić information content (AvgIpc) is 3.00. The Labute approximate surface area is 254 Å². The number of phenols is 2. The van der Waals surface area contributed by atoms with Crippen molar-refractivity contribution < 1.29 is 39.8 Å². The fourth-order valence-corrected chi connectivity index (χ4v) is 7.17. The molecule has 2 aromatic carbocycles. The molecule has 3 aliphatic rings. The minimum atomic E-state index is -0.568. The van der Waals surface area contributed by atoms with Gasteiger partial charge in [0.25, 0.3) is 0 Å². The number of Topliss-reactive ketones (excluding diaryl/α,β-unsaturated/α-hetero) is 1. The zero-order valence-corrected chi connectivity index (χ0v) is 25.0. The van der Waals surface area contributed by atoms with Gasteiger partial charge in [-0.1, -0.05) is 24.3 Å². The number of aliphatic hydroxyl groups is 3. The molecule has 234 valence electrons. The molecule has 0 saturated heterocycles. The van der Waals surface area contributed by atoms with Crippen molar-refractivity contribution in [1.82, 2.24) is 0 Å². The number of methoxy groups -OCH3 is 1. The molecule has 2 aliphatic carbocycles. The molecule has 2 fully saturated rings. The number of hydrogen-bond donors (Lipinski definition) is 5. The van der Waals surface area contributed by atoms with E-state index in [1.54, 1.807) is 12.1 Å². The summed E-state index contributed by atoms with van der Waals surface area (Å²) < 4.78 is 12.2. The third kappa shape index (κ3) is 7.54. The highest BCUT2D eigenvalue weighted by Crippen LogP contribution is 2.51. The van der Waals surface area contributed by atoms with Crippen LogP contribution in [-0.2, 0) is 6.42 Å². The van der Waals surface area contributed by atoms with E-state index in [-0.39, 0.29) is 59.8 Å². The fraction of sp³-hybridized carbons (Fsp3) is 0.571. The number of phenolic OH excluding ortho intramolecular Hbond substituents is 2. The molecule has 2 saturated carbocycles. The van der Waals surface area contributed by atoms with Crippen molar-refractivity contribution in [3.05, 3.63) is 59.2 Å². The molecule has 43 heavy (non-hydrogen) atoms. The number of benzene rings is 2. The maximum absolute atomic E-state index is 13.6. The molecular weight excluding hydrogens is 548 g/mol. The molecular formula is C35H46O8. The standard InChI is InChI=1S/C35H46O8/c1-42-32-20-29(40)33(35-34(32)30(41)19-31(43-35)23-10-17-27(39)18-11-23)28(22-8-15-26(38)16-9-22)4-2-3-24(36)12-5-21-6-13-25(37)14-7-21/h2,4,6-7,13-14,20,22-24,26-28,31,36-40H,3,5,8-12,15-19H2,1H3/b4-2+. The van der Waals surface area contributed by atoms with Crippen LogP contribution in [-0.4, -0.2) is 62.8 Å². The van der Waals surface area contributed by atoms with Gasteiger partial charge in [0.1, 0.15) is 34.7 Å². The van der Waals surface area contributed by atoms with Gasteiger partial charge in [0.05, 0.1) is 25.4 Å². The lowest BCUT2D eigenvalue weighted by Crippen LogP contribution is -2.37. The summed E-state index contributed by atoms with van der Waals surface area (Å²) >= 11 is 0. The van der Waals surface area contributed by atoms with E-state index in [1.807, 2.05) is 24.3 Å². The van der Waals surface area contributed by atoms with Crippen LogP contribution in [0.4, 0.5) is 0 Å². The van der Waals surface area contributed by atoms with E-state index in [9.17, 15) is 30.3 Å². The number of ether oxygens (including phenoxy) is 2. The van der Waals surface area contributed by atoms with Gasteiger partial charge in [0.2, 0.25) is 0 Å². The van der Waals surface area contributed by atoms with Gasteiger partial charge in [-0.05, 0) is 100 Å². The quantitative estimate of drug-likeness (QED) is 0.225. The van der Waals surface area contributed by atoms with E-state index in [0.717, 1.165) is 31.2 Å². The minimum Gasteiger partial charge on any atom is -0.508 e. The number of aromatic hydroxyl groups is 2. The summed E-state index contributed by atoms with van der Waals surface area (Å²) in [6, 6.07) is 8.50. The van der Waals surface area contributed by atoms with Gasteiger partial charge in [-0.3, -0.25) is 4.79 Å². The number of carbonyl (C=O) groups excluding carboxylic acids is 1. The Bertz CT molecular complexity index is 1260. The van der Waals surface area contributed by atoms with Gasteiger partial charge in [-0.15, -0.1) is 0 Å². The molecule has 0 bridgehead atoms. The second-order valence-corrected chi connectivity index (χ2v) is 12.7. The molecule has 0 radical (unpaired) electrons. The monoisotopic (exact) mass is 594 g/mol. The molecule has 1 heterocycles. The van der Waals surface area contributed by atoms with Crippen molar-refractivity contribution in [2.24, 2.45) is 11.8 Å². The lowest BCUT2D eigenvalue weighted by molar-refractivity contribution is 0.0406. The minimum absolute atomic E-state index is 0.0109. The summed E-state index contributed by atoms with van der Waals surface area (Å²) in [5, 5.41) is 52.0. The SMILES string of the molecule is COc1cc(O)c(C(/C=C/CC(O)CCc2ccc(O)cc2)C2CCC(O)CC2)c2c1C(=O)CC(C1CCC(O)CC1)O2. The number of ketones is 1. The third-order valence-electron chi connectivity index (χ3n) is 9.72. The van der Waals surface area contributed by atoms with Gasteiger partial charge in [0.15, 0.2) is 5.78 Å². The topological polar surface area (TPSA) is 137 Å². The molecule has 3 atom stereocenters. The number of allylic oxidation sites excluding steroid dienone is 1. The van der Waals surface area contributed by atoms with E-state index in [1.165, 1.54) is 13.2 Å². The first-order valence-corrected chi connectivity index (χ1v) is 15.9. The van der Waals surface area contributed by atoms with Crippen LogP contribution in [0.15, 0.2) is 42.5 Å². The zero-order chi connectivity index (χ0) is 30.5. The summed E-state index contributed by atoms with van der Waals surface area (Å²) in [7, 11) is 1.48. The third-order valence-corrected chi connectivity index (χ3v) is 9.72. The van der Waals surface area contributed by atoms with Crippen LogP contribution >= 0.6 is 0 Å². The predicted molar refractivity (Wildman–Crippen MR) is 163 cm³/mol. The smallest absolute Gasteiger partial charge is 0.174 e. The molecule has 1 aliphatic heterocycles. The van der Waals surface area contributed by atoms with E-state index in [0.29, 0.717) is 67.6 Å². The normalized spacial score (nSPS) is 27.3. The molecule has 3 unspecified atom stereocenters. The lowest BCUT2D eigenvalue weighted by atomic mass is 9.74. The molecule has 0 spiro atoms. The summed E-state index contributed by atoms with van der Waals surface area (Å²) in [6.45, 7) is 0. The first-order chi connectivity index (χ1) is 20.7. The largest absolute Gasteiger partial charge is 0.508 e. The zero-order valence-electron chi connectivity index (χ0n) is 25.0. The van der Waals surface area contributed by atoms with Crippen molar-refractivity contribution in [3.63, 3.8) is 0 Å². The number of aryl methyl sites for hydroxylation is 1. The maximum Gasteiger partial charge on any atom is 0.174 e. The lowest BCUT2D eigenvalue weighted by Gasteiger charge is -2.38.